The lowest BCUT2D eigenvalue weighted by molar-refractivity contribution is 0.137. The highest BCUT2D eigenvalue weighted by molar-refractivity contribution is 4.79. The van der Waals surface area contributed by atoms with E-state index >= 15 is 0 Å². The van der Waals surface area contributed by atoms with E-state index in [0.717, 1.165) is 12.0 Å². The van der Waals surface area contributed by atoms with Crippen molar-refractivity contribution in [2.45, 2.75) is 84.2 Å². The van der Waals surface area contributed by atoms with E-state index in [0.29, 0.717) is 6.04 Å². The van der Waals surface area contributed by atoms with Crippen molar-refractivity contribution in [2.75, 3.05) is 20.1 Å². The minimum Gasteiger partial charge on any atom is -0.315 e. The van der Waals surface area contributed by atoms with Crippen molar-refractivity contribution in [2.24, 2.45) is 5.92 Å². The number of nitrogens with zero attached hydrogens (tertiary/aromatic N) is 1. The minimum atomic E-state index is 0.638. The van der Waals surface area contributed by atoms with Crippen LogP contribution in [-0.2, 0) is 0 Å². The van der Waals surface area contributed by atoms with Gasteiger partial charge in [0.2, 0.25) is 0 Å². The minimum absolute atomic E-state index is 0.638. The molecule has 2 heteroatoms. The number of unbranched alkanes of at least 4 members (excludes halogenated alkanes) is 3. The summed E-state index contributed by atoms with van der Waals surface area (Å²) in [6.07, 6.45) is 11.3. The molecule has 0 aromatic carbocycles. The van der Waals surface area contributed by atoms with E-state index < -0.39 is 0 Å². The van der Waals surface area contributed by atoms with Gasteiger partial charge in [-0.15, -0.1) is 0 Å². The summed E-state index contributed by atoms with van der Waals surface area (Å²) in [5, 5.41) is 3.49. The van der Waals surface area contributed by atoms with Crippen molar-refractivity contribution in [3.05, 3.63) is 0 Å². The van der Waals surface area contributed by atoms with Gasteiger partial charge in [-0.3, -0.25) is 0 Å². The lowest BCUT2D eigenvalue weighted by atomic mass is 9.85. The summed E-state index contributed by atoms with van der Waals surface area (Å²) in [6.45, 7) is 9.37. The second-order valence-electron chi connectivity index (χ2n) is 6.83. The smallest absolute Gasteiger partial charge is 0.0118 e. The summed E-state index contributed by atoms with van der Waals surface area (Å²) >= 11 is 0. The molecule has 0 heterocycles. The van der Waals surface area contributed by atoms with Gasteiger partial charge in [-0.05, 0) is 51.7 Å². The zero-order chi connectivity index (χ0) is 14.1. The fourth-order valence-corrected chi connectivity index (χ4v) is 3.35. The Hall–Kier alpha value is -0.0800. The van der Waals surface area contributed by atoms with E-state index in [9.17, 15) is 0 Å². The Kier molecular flexibility index (Phi) is 8.72. The molecule has 0 saturated heterocycles. The van der Waals surface area contributed by atoms with Crippen molar-refractivity contribution >= 4 is 0 Å². The number of rotatable bonds is 9. The van der Waals surface area contributed by atoms with Crippen molar-refractivity contribution < 1.29 is 0 Å². The molecule has 2 unspecified atom stereocenters. The number of hydrogen-bond acceptors (Lipinski definition) is 2. The Bertz CT molecular complexity index is 215. The van der Waals surface area contributed by atoms with Gasteiger partial charge < -0.3 is 10.2 Å². The quantitative estimate of drug-likeness (QED) is 0.635. The molecule has 19 heavy (non-hydrogen) atoms. The largest absolute Gasteiger partial charge is 0.315 e. The maximum Gasteiger partial charge on any atom is 0.0118 e. The first kappa shape index (κ1) is 17.0. The highest BCUT2D eigenvalue weighted by Gasteiger charge is 2.24. The fourth-order valence-electron chi connectivity index (χ4n) is 3.35. The predicted molar refractivity (Wildman–Crippen MR) is 85.7 cm³/mol. The molecule has 0 aromatic heterocycles. The Morgan fingerprint density at radius 3 is 2.42 bits per heavy atom. The molecule has 0 aliphatic heterocycles. The molecular formula is C17H36N2. The molecule has 0 bridgehead atoms. The number of hydrogen-bond donors (Lipinski definition) is 1. The molecule has 1 aliphatic rings. The highest BCUT2D eigenvalue weighted by Crippen LogP contribution is 2.27. The summed E-state index contributed by atoms with van der Waals surface area (Å²) in [5.74, 6) is 0.911. The standard InChI is InChI=1S/C17H36N2/c1-15(2)18-13-9-5-6-10-14-19(4)17-12-8-7-11-16(17)3/h15-18H,5-14H2,1-4H3. The van der Waals surface area contributed by atoms with Crippen molar-refractivity contribution in [1.29, 1.82) is 0 Å². The average molecular weight is 268 g/mol. The number of nitrogens with one attached hydrogen (secondary N) is 1. The SMILES string of the molecule is CC(C)NCCCCCCN(C)C1CCCCC1C. The molecular weight excluding hydrogens is 232 g/mol. The molecule has 114 valence electrons. The van der Waals surface area contributed by atoms with E-state index in [1.165, 1.54) is 64.5 Å². The third kappa shape index (κ3) is 7.31. The zero-order valence-electron chi connectivity index (χ0n) is 13.8. The van der Waals surface area contributed by atoms with Gasteiger partial charge in [-0.1, -0.05) is 46.5 Å². The average Bonchev–Trinajstić information content (AvgIpc) is 2.37. The van der Waals surface area contributed by atoms with Crippen molar-refractivity contribution in [1.82, 2.24) is 10.2 Å². The van der Waals surface area contributed by atoms with Crippen LogP contribution < -0.4 is 5.32 Å². The first-order valence-electron chi connectivity index (χ1n) is 8.55. The third-order valence-corrected chi connectivity index (χ3v) is 4.62. The van der Waals surface area contributed by atoms with Crippen molar-refractivity contribution in [3.63, 3.8) is 0 Å². The highest BCUT2D eigenvalue weighted by atomic mass is 15.1. The second kappa shape index (κ2) is 9.77. The van der Waals surface area contributed by atoms with Gasteiger partial charge in [0.05, 0.1) is 0 Å². The van der Waals surface area contributed by atoms with Crippen LogP contribution in [-0.4, -0.2) is 37.1 Å². The molecule has 1 N–H and O–H groups in total. The van der Waals surface area contributed by atoms with Gasteiger partial charge in [0.25, 0.3) is 0 Å². The Balaban J connectivity index is 1.99. The van der Waals surface area contributed by atoms with E-state index in [2.05, 4.69) is 38.0 Å². The molecule has 0 aromatic rings. The predicted octanol–water partition coefficient (Wildman–Crippen LogP) is 4.06. The van der Waals surface area contributed by atoms with Crippen LogP contribution in [0.1, 0.15) is 72.1 Å². The van der Waals surface area contributed by atoms with Crippen LogP contribution in [0.25, 0.3) is 0 Å². The van der Waals surface area contributed by atoms with Gasteiger partial charge in [0, 0.05) is 12.1 Å². The summed E-state index contributed by atoms with van der Waals surface area (Å²) in [4.78, 5) is 2.64. The monoisotopic (exact) mass is 268 g/mol. The first-order valence-corrected chi connectivity index (χ1v) is 8.55. The molecule has 0 amide bonds. The molecule has 1 rings (SSSR count). The van der Waals surface area contributed by atoms with Gasteiger partial charge >= 0.3 is 0 Å². The Labute approximate surface area is 121 Å². The molecule has 0 radical (unpaired) electrons. The summed E-state index contributed by atoms with van der Waals surface area (Å²) in [6, 6.07) is 1.50. The third-order valence-electron chi connectivity index (χ3n) is 4.62. The van der Waals surface area contributed by atoms with Crippen molar-refractivity contribution in [3.8, 4) is 0 Å². The molecule has 2 atom stereocenters. The molecule has 1 fully saturated rings. The van der Waals surface area contributed by atoms with Crippen LogP contribution in [0.3, 0.4) is 0 Å². The van der Waals surface area contributed by atoms with Crippen LogP contribution >= 0.6 is 0 Å². The van der Waals surface area contributed by atoms with E-state index in [1.807, 2.05) is 0 Å². The second-order valence-corrected chi connectivity index (χ2v) is 6.83. The van der Waals surface area contributed by atoms with Gasteiger partial charge in [-0.2, -0.15) is 0 Å². The van der Waals surface area contributed by atoms with Crippen LogP contribution in [0.15, 0.2) is 0 Å². The Morgan fingerprint density at radius 2 is 1.74 bits per heavy atom. The molecule has 2 nitrogen and oxygen atoms in total. The maximum atomic E-state index is 3.49. The summed E-state index contributed by atoms with van der Waals surface area (Å²) < 4.78 is 0. The lowest BCUT2D eigenvalue weighted by Crippen LogP contribution is -2.39. The van der Waals surface area contributed by atoms with Gasteiger partial charge in [-0.25, -0.2) is 0 Å². The fraction of sp³-hybridized carbons (Fsp3) is 1.00. The normalized spacial score (nSPS) is 24.3. The maximum absolute atomic E-state index is 3.49. The van der Waals surface area contributed by atoms with Gasteiger partial charge in [0.15, 0.2) is 0 Å². The first-order chi connectivity index (χ1) is 9.11. The Morgan fingerprint density at radius 1 is 1.05 bits per heavy atom. The van der Waals surface area contributed by atoms with Gasteiger partial charge in [0.1, 0.15) is 0 Å². The lowest BCUT2D eigenvalue weighted by Gasteiger charge is -2.36. The summed E-state index contributed by atoms with van der Waals surface area (Å²) in [5.41, 5.74) is 0. The summed E-state index contributed by atoms with van der Waals surface area (Å²) in [7, 11) is 2.34. The molecule has 1 aliphatic carbocycles. The van der Waals surface area contributed by atoms with Crippen LogP contribution in [0.2, 0.25) is 0 Å². The van der Waals surface area contributed by atoms with Crippen LogP contribution in [0.4, 0.5) is 0 Å². The molecule has 0 spiro atoms. The van der Waals surface area contributed by atoms with E-state index in [-0.39, 0.29) is 0 Å². The van der Waals surface area contributed by atoms with Crippen LogP contribution in [0, 0.1) is 5.92 Å². The van der Waals surface area contributed by atoms with Crippen LogP contribution in [0.5, 0.6) is 0 Å². The van der Waals surface area contributed by atoms with E-state index in [4.69, 9.17) is 0 Å². The zero-order valence-corrected chi connectivity index (χ0v) is 13.8. The van der Waals surface area contributed by atoms with E-state index in [1.54, 1.807) is 0 Å². The topological polar surface area (TPSA) is 15.3 Å². The molecule has 1 saturated carbocycles.